The first-order chi connectivity index (χ1) is 23.4. The normalized spacial score (nSPS) is 16.1. The van der Waals surface area contributed by atoms with Crippen molar-refractivity contribution in [2.45, 2.75) is 43.5 Å². The molecule has 2 aromatic carbocycles. The molecule has 0 unspecified atom stereocenters. The van der Waals surface area contributed by atoms with Gasteiger partial charge in [0.1, 0.15) is 10.0 Å². The smallest absolute Gasteiger partial charge is 0.387 e. The monoisotopic (exact) mass is 761 g/mol. The largest absolute Gasteiger partial charge is 0.619 e. The van der Waals surface area contributed by atoms with E-state index in [1.807, 2.05) is 18.4 Å². The molecule has 2 aliphatic rings. The number of thioether (sulfide) groups is 1. The Morgan fingerprint density at radius 2 is 1.82 bits per heavy atom. The van der Waals surface area contributed by atoms with Crippen LogP contribution in [0, 0.1) is 11.1 Å². The average Bonchev–Trinajstić information content (AvgIpc) is 3.88. The molecule has 1 atom stereocenters. The number of rotatable bonds is 17. The summed E-state index contributed by atoms with van der Waals surface area (Å²) >= 11 is 14.3. The van der Waals surface area contributed by atoms with Gasteiger partial charge in [-0.05, 0) is 60.4 Å². The summed E-state index contributed by atoms with van der Waals surface area (Å²) in [5.41, 5.74) is 2.27. The average molecular weight is 763 g/mol. The van der Waals surface area contributed by atoms with Gasteiger partial charge in [0.25, 0.3) is 0 Å². The minimum atomic E-state index is -3.64. The first kappa shape index (κ1) is 37.7. The van der Waals surface area contributed by atoms with Gasteiger partial charge in [-0.1, -0.05) is 35.3 Å². The number of anilines is 1. The molecule has 2 fully saturated rings. The molecule has 0 radical (unpaired) electrons. The second kappa shape index (κ2) is 17.1. The molecule has 0 spiro atoms. The van der Waals surface area contributed by atoms with Gasteiger partial charge in [-0.2, -0.15) is 13.5 Å². The van der Waals surface area contributed by atoms with Crippen LogP contribution in [-0.4, -0.2) is 78.4 Å². The van der Waals surface area contributed by atoms with Crippen LogP contribution in [0.1, 0.15) is 35.6 Å². The van der Waals surface area contributed by atoms with Gasteiger partial charge >= 0.3 is 6.61 Å². The molecule has 3 aromatic rings. The summed E-state index contributed by atoms with van der Waals surface area (Å²) < 4.78 is 77.1. The molecule has 5 rings (SSSR count). The highest BCUT2D eigenvalue weighted by molar-refractivity contribution is 7.99. The molecular formula is C33H39Cl2F2N3O7S2. The zero-order valence-electron chi connectivity index (χ0n) is 27.2. The molecule has 1 saturated carbocycles. The van der Waals surface area contributed by atoms with Crippen molar-refractivity contribution in [2.24, 2.45) is 5.92 Å². The van der Waals surface area contributed by atoms with Crippen LogP contribution >= 0.6 is 35.0 Å². The van der Waals surface area contributed by atoms with Crippen LogP contribution in [0.3, 0.4) is 0 Å². The van der Waals surface area contributed by atoms with E-state index in [1.165, 1.54) is 40.8 Å². The lowest BCUT2D eigenvalue weighted by Gasteiger charge is -2.31. The van der Waals surface area contributed by atoms with Gasteiger partial charge in [0.2, 0.25) is 10.0 Å². The summed E-state index contributed by atoms with van der Waals surface area (Å²) in [7, 11) is -3.64. The second-order valence-corrected chi connectivity index (χ2v) is 15.5. The second-order valence-electron chi connectivity index (χ2n) is 11.9. The van der Waals surface area contributed by atoms with E-state index in [2.05, 4.69) is 4.90 Å². The minimum Gasteiger partial charge on any atom is -0.619 e. The number of pyridine rings is 1. The zero-order valence-corrected chi connectivity index (χ0v) is 30.3. The molecule has 10 nitrogen and oxygen atoms in total. The van der Waals surface area contributed by atoms with Crippen LogP contribution in [-0.2, 0) is 32.5 Å². The minimum absolute atomic E-state index is 0.0462. The highest BCUT2D eigenvalue weighted by Crippen LogP contribution is 2.39. The van der Waals surface area contributed by atoms with Crippen LogP contribution in [0.15, 0.2) is 53.7 Å². The van der Waals surface area contributed by atoms with Gasteiger partial charge < -0.3 is 24.2 Å². The highest BCUT2D eigenvalue weighted by Gasteiger charge is 2.26. The summed E-state index contributed by atoms with van der Waals surface area (Å²) in [6.07, 6.45) is 6.85. The van der Waals surface area contributed by atoms with Gasteiger partial charge in [-0.15, -0.1) is 11.8 Å². The Bertz CT molecular complexity index is 1670. The Hall–Kier alpha value is -2.59. The molecule has 0 amide bonds. The van der Waals surface area contributed by atoms with Crippen LogP contribution < -0.4 is 18.5 Å². The number of morpholine rings is 1. The summed E-state index contributed by atoms with van der Waals surface area (Å²) in [6, 6.07) is 10.1. The van der Waals surface area contributed by atoms with Crippen LogP contribution in [0.4, 0.5) is 14.5 Å². The first-order valence-corrected chi connectivity index (χ1v) is 19.6. The molecule has 268 valence electrons. The molecule has 1 saturated heterocycles. The van der Waals surface area contributed by atoms with Gasteiger partial charge in [-0.3, -0.25) is 9.21 Å². The fourth-order valence-electron chi connectivity index (χ4n) is 5.45. The van der Waals surface area contributed by atoms with E-state index in [4.69, 9.17) is 42.1 Å². The number of benzene rings is 2. The molecule has 1 aromatic heterocycles. The molecule has 1 aliphatic heterocycles. The summed E-state index contributed by atoms with van der Waals surface area (Å²) in [5.74, 6) is 0.405. The number of halogens is 4. The topological polar surface area (TPSA) is 104 Å². The Labute approximate surface area is 299 Å². The van der Waals surface area contributed by atoms with E-state index in [9.17, 15) is 22.4 Å². The van der Waals surface area contributed by atoms with Gasteiger partial charge in [0, 0.05) is 43.1 Å². The zero-order chi connectivity index (χ0) is 35.1. The third kappa shape index (κ3) is 10.7. The predicted molar refractivity (Wildman–Crippen MR) is 186 cm³/mol. The number of nitrogens with zero attached hydrogens (tertiary/aromatic N) is 3. The number of aromatic nitrogens is 1. The quantitative estimate of drug-likeness (QED) is 0.0886. The number of sulfonamides is 1. The van der Waals surface area contributed by atoms with Crippen molar-refractivity contribution in [1.82, 2.24) is 4.90 Å². The maximum Gasteiger partial charge on any atom is 0.387 e. The summed E-state index contributed by atoms with van der Waals surface area (Å²) in [5, 5.41) is 12.2. The van der Waals surface area contributed by atoms with E-state index in [1.54, 1.807) is 18.2 Å². The van der Waals surface area contributed by atoms with Crippen LogP contribution in [0.2, 0.25) is 10.0 Å². The van der Waals surface area contributed by atoms with Crippen molar-refractivity contribution in [1.29, 1.82) is 0 Å². The van der Waals surface area contributed by atoms with E-state index in [-0.39, 0.29) is 41.1 Å². The van der Waals surface area contributed by atoms with Crippen molar-refractivity contribution in [3.63, 3.8) is 0 Å². The number of hydrogen-bond acceptors (Lipinski definition) is 9. The molecule has 0 bridgehead atoms. The fourth-order valence-corrected chi connectivity index (χ4v) is 7.61. The summed E-state index contributed by atoms with van der Waals surface area (Å²) in [4.78, 5) is 2.96. The molecule has 16 heteroatoms. The Kier molecular flexibility index (Phi) is 13.1. The first-order valence-electron chi connectivity index (χ1n) is 15.8. The predicted octanol–water partition coefficient (Wildman–Crippen LogP) is 6.34. The van der Waals surface area contributed by atoms with Crippen LogP contribution in [0.25, 0.3) is 0 Å². The van der Waals surface area contributed by atoms with Crippen molar-refractivity contribution in [3.8, 4) is 11.5 Å². The lowest BCUT2D eigenvalue weighted by Crippen LogP contribution is -2.43. The summed E-state index contributed by atoms with van der Waals surface area (Å²) in [6.45, 7) is 0.855. The Morgan fingerprint density at radius 3 is 2.45 bits per heavy atom. The lowest BCUT2D eigenvalue weighted by molar-refractivity contribution is -0.605. The maximum atomic E-state index is 13.2. The molecule has 1 aliphatic carbocycles. The van der Waals surface area contributed by atoms with Crippen molar-refractivity contribution < 1.29 is 40.9 Å². The van der Waals surface area contributed by atoms with Crippen molar-refractivity contribution in [3.05, 3.63) is 80.7 Å². The molecule has 0 N–H and O–H groups in total. The van der Waals surface area contributed by atoms with E-state index < -0.39 is 22.7 Å². The van der Waals surface area contributed by atoms with Crippen molar-refractivity contribution in [2.75, 3.05) is 62.8 Å². The standard InChI is InChI=1S/C33H39Cl2F2N3O7S2/c1-48-32-8-5-23(15-28(32)40(49(2,42)43)10-9-38-11-13-44-14-12-38)21-45-30(17-25-26(34)18-39(41)19-27(25)35)24-6-7-29(47-33(36)37)31(16-24)46-20-22-3-4-22/h5-8,15-16,18-19,22,30,33H,3-4,9-14,17,20-21H2,1-2H3/t30-/m0/s1. The van der Waals surface area contributed by atoms with Gasteiger partial charge in [0.15, 0.2) is 23.9 Å². The fraction of sp³-hybridized carbons (Fsp3) is 0.485. The Balaban J connectivity index is 1.44. The molecule has 49 heavy (non-hydrogen) atoms. The van der Waals surface area contributed by atoms with Gasteiger partial charge in [-0.25, -0.2) is 8.42 Å². The maximum absolute atomic E-state index is 13.2. The van der Waals surface area contributed by atoms with Crippen LogP contribution in [0.5, 0.6) is 11.5 Å². The van der Waals surface area contributed by atoms with E-state index in [0.29, 0.717) is 59.4 Å². The van der Waals surface area contributed by atoms with E-state index in [0.717, 1.165) is 30.8 Å². The highest BCUT2D eigenvalue weighted by atomic mass is 35.5. The van der Waals surface area contributed by atoms with E-state index >= 15 is 0 Å². The number of ether oxygens (including phenoxy) is 4. The third-order valence-corrected chi connectivity index (χ3v) is 10.9. The Morgan fingerprint density at radius 1 is 1.10 bits per heavy atom. The molecule has 2 heterocycles. The van der Waals surface area contributed by atoms with Crippen molar-refractivity contribution >= 4 is 50.7 Å². The number of hydrogen-bond donors (Lipinski definition) is 0. The van der Waals surface area contributed by atoms with Gasteiger partial charge in [0.05, 0.1) is 44.5 Å². The molecular weight excluding hydrogens is 723 g/mol. The number of alkyl halides is 2. The SMILES string of the molecule is CSc1ccc(CO[C@@H](Cc2c(Cl)c[n+]([O-])cc2Cl)c2ccc(OC(F)F)c(OCC3CC3)c2)cc1N(CCN1CCOCC1)S(C)(=O)=O. The lowest BCUT2D eigenvalue weighted by atomic mass is 10.0. The third-order valence-electron chi connectivity index (χ3n) is 8.26.